The summed E-state index contributed by atoms with van der Waals surface area (Å²) in [7, 11) is 2.14. The normalized spacial score (nSPS) is 11.0. The van der Waals surface area contributed by atoms with Crippen LogP contribution in [0.1, 0.15) is 18.4 Å². The number of hydrogen-bond acceptors (Lipinski definition) is 3. The third-order valence-electron chi connectivity index (χ3n) is 4.45. The molecule has 0 aliphatic rings. The molecule has 1 heterocycles. The van der Waals surface area contributed by atoms with Crippen LogP contribution < -0.4 is 5.56 Å². The molecular formula is C22H25N3O. The Hall–Kier alpha value is -2.72. The highest BCUT2D eigenvalue weighted by molar-refractivity contribution is 5.57. The Balaban J connectivity index is 1.52. The van der Waals surface area contributed by atoms with Crippen molar-refractivity contribution < 1.29 is 0 Å². The second kappa shape index (κ2) is 9.11. The number of rotatable bonds is 8. The van der Waals surface area contributed by atoms with E-state index in [-0.39, 0.29) is 5.56 Å². The maximum atomic E-state index is 12.6. The Morgan fingerprint density at radius 3 is 2.38 bits per heavy atom. The average molecular weight is 347 g/mol. The standard InChI is InChI=1S/C22H25N3O/c1-24(18-19-10-4-2-5-11-19)15-8-9-16-25-17-14-23-21(22(25)26)20-12-6-3-7-13-20/h2-7,10-14,17H,8-9,15-16,18H2,1H3. The smallest absolute Gasteiger partial charge is 0.277 e. The SMILES string of the molecule is CN(CCCCn1ccnc(-c2ccccc2)c1=O)Cc1ccccc1. The molecule has 4 nitrogen and oxygen atoms in total. The molecule has 1 aromatic heterocycles. The first-order chi connectivity index (χ1) is 12.7. The van der Waals surface area contributed by atoms with Gasteiger partial charge in [-0.2, -0.15) is 0 Å². The highest BCUT2D eigenvalue weighted by atomic mass is 16.1. The van der Waals surface area contributed by atoms with E-state index in [1.54, 1.807) is 17.0 Å². The molecule has 3 rings (SSSR count). The summed E-state index contributed by atoms with van der Waals surface area (Å²) in [6.07, 6.45) is 5.52. The van der Waals surface area contributed by atoms with E-state index >= 15 is 0 Å². The van der Waals surface area contributed by atoms with Crippen molar-refractivity contribution in [2.75, 3.05) is 13.6 Å². The number of aryl methyl sites for hydroxylation is 1. The number of unbranched alkanes of at least 4 members (excludes halogenated alkanes) is 1. The second-order valence-electron chi connectivity index (χ2n) is 6.57. The Labute approximate surface area is 154 Å². The molecule has 0 saturated carbocycles. The molecule has 0 atom stereocenters. The van der Waals surface area contributed by atoms with Gasteiger partial charge in [-0.05, 0) is 32.0 Å². The van der Waals surface area contributed by atoms with Gasteiger partial charge < -0.3 is 9.47 Å². The highest BCUT2D eigenvalue weighted by Crippen LogP contribution is 2.11. The number of aromatic nitrogens is 2. The molecule has 26 heavy (non-hydrogen) atoms. The summed E-state index contributed by atoms with van der Waals surface area (Å²) in [5.74, 6) is 0. The Morgan fingerprint density at radius 2 is 1.65 bits per heavy atom. The van der Waals surface area contributed by atoms with E-state index < -0.39 is 0 Å². The molecule has 3 aromatic rings. The summed E-state index contributed by atoms with van der Waals surface area (Å²) in [6, 6.07) is 20.1. The molecule has 4 heteroatoms. The van der Waals surface area contributed by atoms with E-state index in [1.165, 1.54) is 5.56 Å². The zero-order chi connectivity index (χ0) is 18.2. The highest BCUT2D eigenvalue weighted by Gasteiger charge is 2.07. The summed E-state index contributed by atoms with van der Waals surface area (Å²) < 4.78 is 1.77. The van der Waals surface area contributed by atoms with Crippen LogP contribution in [0.3, 0.4) is 0 Å². The molecule has 0 N–H and O–H groups in total. The van der Waals surface area contributed by atoms with Gasteiger partial charge >= 0.3 is 0 Å². The van der Waals surface area contributed by atoms with Gasteiger partial charge in [-0.25, -0.2) is 4.98 Å². The number of hydrogen-bond donors (Lipinski definition) is 0. The Bertz CT molecular complexity index is 859. The van der Waals surface area contributed by atoms with Crippen molar-refractivity contribution >= 4 is 0 Å². The minimum absolute atomic E-state index is 0.0173. The maximum Gasteiger partial charge on any atom is 0.277 e. The van der Waals surface area contributed by atoms with Gasteiger partial charge in [0.15, 0.2) is 0 Å². The fraction of sp³-hybridized carbons (Fsp3) is 0.273. The summed E-state index contributed by atoms with van der Waals surface area (Å²) in [4.78, 5) is 19.2. The van der Waals surface area contributed by atoms with Gasteiger partial charge in [0, 0.05) is 31.0 Å². The molecule has 0 bridgehead atoms. The first-order valence-electron chi connectivity index (χ1n) is 9.07. The fourth-order valence-corrected chi connectivity index (χ4v) is 3.06. The van der Waals surface area contributed by atoms with Crippen molar-refractivity contribution in [2.24, 2.45) is 0 Å². The quantitative estimate of drug-likeness (QED) is 0.581. The molecule has 0 aliphatic heterocycles. The molecular weight excluding hydrogens is 322 g/mol. The zero-order valence-electron chi connectivity index (χ0n) is 15.2. The van der Waals surface area contributed by atoms with Gasteiger partial charge in [0.05, 0.1) is 0 Å². The predicted molar refractivity (Wildman–Crippen MR) is 106 cm³/mol. The molecule has 0 amide bonds. The van der Waals surface area contributed by atoms with Crippen molar-refractivity contribution in [1.29, 1.82) is 0 Å². The lowest BCUT2D eigenvalue weighted by molar-refractivity contribution is 0.315. The average Bonchev–Trinajstić information content (AvgIpc) is 2.68. The summed E-state index contributed by atoms with van der Waals surface area (Å²) in [5.41, 5.74) is 2.70. The lowest BCUT2D eigenvalue weighted by Gasteiger charge is -2.16. The molecule has 0 aliphatic carbocycles. The fourth-order valence-electron chi connectivity index (χ4n) is 3.06. The molecule has 0 fully saturated rings. The van der Waals surface area contributed by atoms with Crippen molar-refractivity contribution in [2.45, 2.75) is 25.9 Å². The van der Waals surface area contributed by atoms with Crippen molar-refractivity contribution in [3.63, 3.8) is 0 Å². The largest absolute Gasteiger partial charge is 0.312 e. The van der Waals surface area contributed by atoms with Gasteiger partial charge in [0.25, 0.3) is 5.56 Å². The van der Waals surface area contributed by atoms with E-state index in [0.29, 0.717) is 5.69 Å². The topological polar surface area (TPSA) is 38.1 Å². The lowest BCUT2D eigenvalue weighted by atomic mass is 10.1. The lowest BCUT2D eigenvalue weighted by Crippen LogP contribution is -2.23. The Morgan fingerprint density at radius 1 is 0.962 bits per heavy atom. The van der Waals surface area contributed by atoms with Gasteiger partial charge in [-0.3, -0.25) is 4.79 Å². The first-order valence-corrected chi connectivity index (χ1v) is 9.07. The van der Waals surface area contributed by atoms with E-state index in [2.05, 4.69) is 41.2 Å². The van der Waals surface area contributed by atoms with Crippen LogP contribution in [0, 0.1) is 0 Å². The number of benzene rings is 2. The van der Waals surface area contributed by atoms with Crippen molar-refractivity contribution in [3.8, 4) is 11.3 Å². The van der Waals surface area contributed by atoms with Crippen molar-refractivity contribution in [1.82, 2.24) is 14.5 Å². The zero-order valence-corrected chi connectivity index (χ0v) is 15.2. The summed E-state index contributed by atoms with van der Waals surface area (Å²) >= 11 is 0. The molecule has 0 spiro atoms. The molecule has 134 valence electrons. The third-order valence-corrected chi connectivity index (χ3v) is 4.45. The van der Waals surface area contributed by atoms with Crippen molar-refractivity contribution in [3.05, 3.63) is 89.0 Å². The van der Waals surface area contributed by atoms with E-state index in [4.69, 9.17) is 0 Å². The Kier molecular flexibility index (Phi) is 6.34. The first kappa shape index (κ1) is 18.1. The molecule has 2 aromatic carbocycles. The summed E-state index contributed by atoms with van der Waals surface area (Å²) in [6.45, 7) is 2.69. The molecule has 0 unspecified atom stereocenters. The van der Waals surface area contributed by atoms with Crippen LogP contribution in [0.2, 0.25) is 0 Å². The van der Waals surface area contributed by atoms with Gasteiger partial charge in [-0.1, -0.05) is 60.7 Å². The molecule has 0 saturated heterocycles. The van der Waals surface area contributed by atoms with E-state index in [1.807, 2.05) is 36.4 Å². The minimum atomic E-state index is -0.0173. The van der Waals surface area contributed by atoms with Gasteiger partial charge in [-0.15, -0.1) is 0 Å². The molecule has 0 radical (unpaired) electrons. The number of nitrogens with zero attached hydrogens (tertiary/aromatic N) is 3. The van der Waals surface area contributed by atoms with Crippen LogP contribution in [0.15, 0.2) is 77.9 Å². The second-order valence-corrected chi connectivity index (χ2v) is 6.57. The third kappa shape index (κ3) is 4.90. The van der Waals surface area contributed by atoms with Crippen LogP contribution in [-0.4, -0.2) is 28.0 Å². The monoisotopic (exact) mass is 347 g/mol. The van der Waals surface area contributed by atoms with E-state index in [9.17, 15) is 4.79 Å². The van der Waals surface area contributed by atoms with E-state index in [0.717, 1.165) is 38.0 Å². The van der Waals surface area contributed by atoms with Crippen LogP contribution in [0.4, 0.5) is 0 Å². The summed E-state index contributed by atoms with van der Waals surface area (Å²) in [5, 5.41) is 0. The van der Waals surface area contributed by atoms with Gasteiger partial charge in [0.1, 0.15) is 5.69 Å². The van der Waals surface area contributed by atoms with Crippen LogP contribution in [0.25, 0.3) is 11.3 Å². The van der Waals surface area contributed by atoms with Crippen LogP contribution >= 0.6 is 0 Å². The van der Waals surface area contributed by atoms with Gasteiger partial charge in [0.2, 0.25) is 0 Å². The predicted octanol–water partition coefficient (Wildman–Crippen LogP) is 3.82. The van der Waals surface area contributed by atoms with Crippen LogP contribution in [-0.2, 0) is 13.1 Å². The maximum absolute atomic E-state index is 12.6. The minimum Gasteiger partial charge on any atom is -0.312 e. The van der Waals surface area contributed by atoms with Crippen LogP contribution in [0.5, 0.6) is 0 Å².